The maximum absolute atomic E-state index is 12.8. The fourth-order valence-corrected chi connectivity index (χ4v) is 3.66. The minimum atomic E-state index is 0.144. The van der Waals surface area contributed by atoms with Crippen LogP contribution in [0.15, 0.2) is 40.2 Å². The second-order valence-corrected chi connectivity index (χ2v) is 7.21. The van der Waals surface area contributed by atoms with Crippen molar-refractivity contribution in [1.82, 2.24) is 4.90 Å². The number of hydrogen-bond donors (Lipinski definition) is 0. The van der Waals surface area contributed by atoms with Crippen molar-refractivity contribution in [2.24, 2.45) is 0 Å². The van der Waals surface area contributed by atoms with E-state index in [1.54, 1.807) is 11.3 Å². The first-order chi connectivity index (χ1) is 9.63. The van der Waals surface area contributed by atoms with Gasteiger partial charge in [0.15, 0.2) is 0 Å². The van der Waals surface area contributed by atoms with E-state index >= 15 is 0 Å². The lowest BCUT2D eigenvalue weighted by Gasteiger charge is -2.22. The molecule has 0 unspecified atom stereocenters. The molecular weight excluding hydrogens is 334 g/mol. The Labute approximate surface area is 131 Å². The molecule has 1 heterocycles. The molecule has 0 aliphatic heterocycles. The Balaban J connectivity index is 1.85. The van der Waals surface area contributed by atoms with E-state index in [4.69, 9.17) is 0 Å². The molecule has 2 nitrogen and oxygen atoms in total. The predicted molar refractivity (Wildman–Crippen MR) is 86.1 cm³/mol. The Morgan fingerprint density at radius 3 is 2.80 bits per heavy atom. The number of amides is 1. The number of nitrogens with zero attached hydrogens (tertiary/aromatic N) is 1. The molecule has 4 heteroatoms. The highest BCUT2D eigenvalue weighted by Crippen LogP contribution is 2.31. The molecule has 0 N–H and O–H groups in total. The van der Waals surface area contributed by atoms with E-state index in [9.17, 15) is 4.79 Å². The number of rotatable bonds is 4. The van der Waals surface area contributed by atoms with Crippen LogP contribution in [0.3, 0.4) is 0 Å². The van der Waals surface area contributed by atoms with E-state index in [0.29, 0.717) is 6.04 Å². The molecule has 1 fully saturated rings. The van der Waals surface area contributed by atoms with Gasteiger partial charge in [0.05, 0.1) is 6.54 Å². The van der Waals surface area contributed by atoms with Gasteiger partial charge in [-0.15, -0.1) is 11.3 Å². The van der Waals surface area contributed by atoms with Gasteiger partial charge in [-0.2, -0.15) is 0 Å². The highest BCUT2D eigenvalue weighted by Gasteiger charge is 2.33. The Morgan fingerprint density at radius 1 is 1.40 bits per heavy atom. The largest absolute Gasteiger partial charge is 0.331 e. The highest BCUT2D eigenvalue weighted by atomic mass is 79.9. The van der Waals surface area contributed by atoms with Gasteiger partial charge in [0.25, 0.3) is 5.91 Å². The van der Waals surface area contributed by atoms with E-state index in [1.165, 1.54) is 4.88 Å². The molecule has 0 spiro atoms. The molecule has 1 saturated carbocycles. The smallest absolute Gasteiger partial charge is 0.254 e. The van der Waals surface area contributed by atoms with Crippen LogP contribution in [0, 0.1) is 6.92 Å². The van der Waals surface area contributed by atoms with Gasteiger partial charge in [0, 0.05) is 21.0 Å². The zero-order valence-corrected chi connectivity index (χ0v) is 13.7. The van der Waals surface area contributed by atoms with E-state index in [0.717, 1.165) is 35.0 Å². The normalized spacial score (nSPS) is 14.3. The first kappa shape index (κ1) is 13.8. The van der Waals surface area contributed by atoms with Gasteiger partial charge in [-0.05, 0) is 55.0 Å². The molecule has 2 aromatic rings. The average Bonchev–Trinajstić information content (AvgIpc) is 3.11. The molecule has 1 aromatic heterocycles. The Hall–Kier alpha value is -1.13. The SMILES string of the molecule is Cc1cc(Br)cc(C(=O)N(Cc2cccs2)C2CC2)c1. The average molecular weight is 350 g/mol. The summed E-state index contributed by atoms with van der Waals surface area (Å²) in [7, 11) is 0. The van der Waals surface area contributed by atoms with Crippen LogP contribution in [0.4, 0.5) is 0 Å². The third-order valence-corrected chi connectivity index (χ3v) is 4.76. The predicted octanol–water partition coefficient (Wildman–Crippen LogP) is 4.62. The van der Waals surface area contributed by atoms with E-state index in [2.05, 4.69) is 27.4 Å². The number of halogens is 1. The third-order valence-electron chi connectivity index (χ3n) is 3.44. The summed E-state index contributed by atoms with van der Waals surface area (Å²) in [6.45, 7) is 2.75. The van der Waals surface area contributed by atoms with Crippen molar-refractivity contribution in [1.29, 1.82) is 0 Å². The first-order valence-electron chi connectivity index (χ1n) is 6.74. The third kappa shape index (κ3) is 3.13. The molecule has 3 rings (SSSR count). The van der Waals surface area contributed by atoms with Gasteiger partial charge >= 0.3 is 0 Å². The highest BCUT2D eigenvalue weighted by molar-refractivity contribution is 9.10. The van der Waals surface area contributed by atoms with Crippen LogP contribution >= 0.6 is 27.3 Å². The van der Waals surface area contributed by atoms with Gasteiger partial charge in [-0.1, -0.05) is 22.0 Å². The number of carbonyl (C=O) groups is 1. The second kappa shape index (κ2) is 5.70. The van der Waals surface area contributed by atoms with E-state index < -0.39 is 0 Å². The van der Waals surface area contributed by atoms with Crippen molar-refractivity contribution >= 4 is 33.2 Å². The Bertz CT molecular complexity index is 599. The molecule has 1 aliphatic rings. The Morgan fingerprint density at radius 2 is 2.20 bits per heavy atom. The summed E-state index contributed by atoms with van der Waals surface area (Å²) < 4.78 is 0.965. The van der Waals surface area contributed by atoms with Gasteiger partial charge in [0.2, 0.25) is 0 Å². The lowest BCUT2D eigenvalue weighted by atomic mass is 10.1. The lowest BCUT2D eigenvalue weighted by molar-refractivity contribution is 0.0731. The zero-order valence-electron chi connectivity index (χ0n) is 11.3. The summed E-state index contributed by atoms with van der Waals surface area (Å²) >= 11 is 5.19. The van der Waals surface area contributed by atoms with Crippen LogP contribution in [0.5, 0.6) is 0 Å². The molecule has 0 bridgehead atoms. The summed E-state index contributed by atoms with van der Waals surface area (Å²) in [6.07, 6.45) is 2.26. The summed E-state index contributed by atoms with van der Waals surface area (Å²) in [5.74, 6) is 0.144. The van der Waals surface area contributed by atoms with Gasteiger partial charge < -0.3 is 4.90 Å². The van der Waals surface area contributed by atoms with Crippen LogP contribution in [0.1, 0.15) is 33.6 Å². The Kier molecular flexibility index (Phi) is 3.94. The van der Waals surface area contributed by atoms with Crippen LogP contribution in [0.2, 0.25) is 0 Å². The minimum absolute atomic E-state index is 0.144. The van der Waals surface area contributed by atoms with Crippen molar-refractivity contribution in [3.8, 4) is 0 Å². The second-order valence-electron chi connectivity index (χ2n) is 5.26. The maximum Gasteiger partial charge on any atom is 0.254 e. The van der Waals surface area contributed by atoms with Gasteiger partial charge in [-0.25, -0.2) is 0 Å². The molecule has 1 amide bonds. The molecule has 1 aromatic carbocycles. The number of hydrogen-bond acceptors (Lipinski definition) is 2. The summed E-state index contributed by atoms with van der Waals surface area (Å²) in [5.41, 5.74) is 1.88. The topological polar surface area (TPSA) is 20.3 Å². The molecule has 0 radical (unpaired) electrons. The number of carbonyl (C=O) groups excluding carboxylic acids is 1. The molecule has 104 valence electrons. The van der Waals surface area contributed by atoms with Gasteiger partial charge in [-0.3, -0.25) is 4.79 Å². The van der Waals surface area contributed by atoms with Crippen LogP contribution < -0.4 is 0 Å². The van der Waals surface area contributed by atoms with E-state index in [-0.39, 0.29) is 5.91 Å². The summed E-state index contributed by atoms with van der Waals surface area (Å²) in [5, 5.41) is 2.06. The van der Waals surface area contributed by atoms with Crippen molar-refractivity contribution in [3.05, 3.63) is 56.2 Å². The molecular formula is C16H16BrNOS. The van der Waals surface area contributed by atoms with E-state index in [1.807, 2.05) is 36.1 Å². The van der Waals surface area contributed by atoms with Crippen molar-refractivity contribution < 1.29 is 4.79 Å². The monoisotopic (exact) mass is 349 g/mol. The quantitative estimate of drug-likeness (QED) is 0.788. The molecule has 0 saturated heterocycles. The van der Waals surface area contributed by atoms with Crippen molar-refractivity contribution in [2.75, 3.05) is 0 Å². The van der Waals surface area contributed by atoms with Crippen LogP contribution in [-0.4, -0.2) is 16.8 Å². The summed E-state index contributed by atoms with van der Waals surface area (Å²) in [4.78, 5) is 16.0. The lowest BCUT2D eigenvalue weighted by Crippen LogP contribution is -2.32. The van der Waals surface area contributed by atoms with Crippen LogP contribution in [-0.2, 0) is 6.54 Å². The zero-order chi connectivity index (χ0) is 14.1. The fraction of sp³-hybridized carbons (Fsp3) is 0.312. The van der Waals surface area contributed by atoms with Crippen molar-refractivity contribution in [2.45, 2.75) is 32.4 Å². The van der Waals surface area contributed by atoms with Gasteiger partial charge in [0.1, 0.15) is 0 Å². The first-order valence-corrected chi connectivity index (χ1v) is 8.41. The fourth-order valence-electron chi connectivity index (χ4n) is 2.35. The summed E-state index contributed by atoms with van der Waals surface area (Å²) in [6, 6.07) is 10.5. The molecule has 1 aliphatic carbocycles. The number of thiophene rings is 1. The van der Waals surface area contributed by atoms with Crippen molar-refractivity contribution in [3.63, 3.8) is 0 Å². The number of aryl methyl sites for hydroxylation is 1. The molecule has 20 heavy (non-hydrogen) atoms. The number of benzene rings is 1. The maximum atomic E-state index is 12.8. The van der Waals surface area contributed by atoms with Crippen LogP contribution in [0.25, 0.3) is 0 Å². The standard InChI is InChI=1S/C16H16BrNOS/c1-11-7-12(9-13(17)8-11)16(19)18(14-4-5-14)10-15-3-2-6-20-15/h2-3,6-9,14H,4-5,10H2,1H3. The molecule has 0 atom stereocenters. The minimum Gasteiger partial charge on any atom is -0.331 e.